The van der Waals surface area contributed by atoms with E-state index in [-0.39, 0.29) is 0 Å². The zero-order valence-electron chi connectivity index (χ0n) is 10.4. The molecule has 1 aliphatic carbocycles. The van der Waals surface area contributed by atoms with Gasteiger partial charge in [-0.1, -0.05) is 13.8 Å². The van der Waals surface area contributed by atoms with Gasteiger partial charge in [0.2, 0.25) is 5.67 Å². The summed E-state index contributed by atoms with van der Waals surface area (Å²) in [7, 11) is 0. The third-order valence-electron chi connectivity index (χ3n) is 3.26. The Morgan fingerprint density at radius 2 is 0.762 bits per heavy atom. The van der Waals surface area contributed by atoms with Gasteiger partial charge in [-0.3, -0.25) is 0 Å². The molecule has 1 rings (SSSR count). The van der Waals surface area contributed by atoms with Crippen LogP contribution in [0.25, 0.3) is 0 Å². The molecule has 0 spiro atoms. The van der Waals surface area contributed by atoms with Crippen LogP contribution < -0.4 is 0 Å². The van der Waals surface area contributed by atoms with Crippen molar-refractivity contribution in [2.24, 2.45) is 5.92 Å². The highest BCUT2D eigenvalue weighted by atomic mass is 19.4. The maximum atomic E-state index is 13.9. The molecule has 1 fully saturated rings. The van der Waals surface area contributed by atoms with E-state index < -0.39 is 47.6 Å². The molecular weight excluding hydrogens is 329 g/mol. The van der Waals surface area contributed by atoms with E-state index in [0.717, 1.165) is 13.8 Å². The summed E-state index contributed by atoms with van der Waals surface area (Å²) >= 11 is 0. The number of hydrogen-bond acceptors (Lipinski definition) is 0. The molecule has 1 aliphatic rings. The highest BCUT2D eigenvalue weighted by molar-refractivity contribution is 5.26. The first kappa shape index (κ1) is 18.3. The maximum absolute atomic E-state index is 13.9. The van der Waals surface area contributed by atoms with Crippen molar-refractivity contribution in [2.75, 3.05) is 0 Å². The minimum Gasteiger partial charge on any atom is -0.230 e. The Balaban J connectivity index is 3.74. The highest BCUT2D eigenvalue weighted by Gasteiger charge is 3.00. The normalized spacial score (nSPS) is 31.1. The number of rotatable bonds is 2. The van der Waals surface area contributed by atoms with Crippen molar-refractivity contribution in [1.29, 1.82) is 0 Å². The SMILES string of the molecule is CC(C)CC1(F)C(F)(F)C(F)(F)C(F)(F)C(F)(F)C1(F)F. The van der Waals surface area contributed by atoms with E-state index in [1.165, 1.54) is 0 Å². The Bertz CT molecular complexity index is 393. The van der Waals surface area contributed by atoms with Gasteiger partial charge in [-0.25, -0.2) is 4.39 Å². The standard InChI is InChI=1S/C10H9F11/c1-4(2)3-5(11)6(12,13)8(16,17)10(20,21)9(18,19)7(5,14)15/h4H,3H2,1-2H3. The molecule has 1 saturated carbocycles. The molecule has 21 heavy (non-hydrogen) atoms. The minimum absolute atomic E-state index is 0.802. The van der Waals surface area contributed by atoms with Crippen molar-refractivity contribution in [2.45, 2.75) is 55.5 Å². The molecule has 0 heterocycles. The van der Waals surface area contributed by atoms with Crippen molar-refractivity contribution >= 4 is 0 Å². The van der Waals surface area contributed by atoms with E-state index in [1.807, 2.05) is 0 Å². The van der Waals surface area contributed by atoms with Crippen LogP contribution in [0, 0.1) is 5.92 Å². The van der Waals surface area contributed by atoms with Crippen LogP contribution in [0.2, 0.25) is 0 Å². The first-order chi connectivity index (χ1) is 8.92. The van der Waals surface area contributed by atoms with E-state index in [2.05, 4.69) is 0 Å². The monoisotopic (exact) mass is 338 g/mol. The summed E-state index contributed by atoms with van der Waals surface area (Å²) in [4.78, 5) is 0. The van der Waals surface area contributed by atoms with Crippen molar-refractivity contribution in [3.63, 3.8) is 0 Å². The Kier molecular flexibility index (Phi) is 3.61. The zero-order valence-corrected chi connectivity index (χ0v) is 10.4. The van der Waals surface area contributed by atoms with Crippen LogP contribution in [0.4, 0.5) is 48.3 Å². The molecule has 0 unspecified atom stereocenters. The maximum Gasteiger partial charge on any atom is 0.384 e. The lowest BCUT2D eigenvalue weighted by Gasteiger charge is -2.53. The van der Waals surface area contributed by atoms with Gasteiger partial charge in [-0.15, -0.1) is 0 Å². The first-order valence-electron chi connectivity index (χ1n) is 5.50. The summed E-state index contributed by atoms with van der Waals surface area (Å²) in [5.41, 5.74) is -5.83. The van der Waals surface area contributed by atoms with Crippen molar-refractivity contribution in [3.05, 3.63) is 0 Å². The molecule has 0 amide bonds. The van der Waals surface area contributed by atoms with Crippen molar-refractivity contribution in [3.8, 4) is 0 Å². The lowest BCUT2D eigenvalue weighted by Crippen LogP contribution is -2.83. The second kappa shape index (κ2) is 4.15. The average Bonchev–Trinajstić information content (AvgIpc) is 2.25. The van der Waals surface area contributed by atoms with Gasteiger partial charge in [0, 0.05) is 0 Å². The second-order valence-electron chi connectivity index (χ2n) is 5.27. The van der Waals surface area contributed by atoms with E-state index in [0.29, 0.717) is 0 Å². The van der Waals surface area contributed by atoms with Gasteiger partial charge >= 0.3 is 29.6 Å². The molecule has 0 aliphatic heterocycles. The van der Waals surface area contributed by atoms with Gasteiger partial charge in [0.15, 0.2) is 0 Å². The van der Waals surface area contributed by atoms with E-state index in [1.54, 1.807) is 0 Å². The fraction of sp³-hybridized carbons (Fsp3) is 1.00. The van der Waals surface area contributed by atoms with Crippen LogP contribution in [0.5, 0.6) is 0 Å². The number of hydrogen-bond donors (Lipinski definition) is 0. The predicted octanol–water partition coefficient (Wildman–Crippen LogP) is 4.93. The summed E-state index contributed by atoms with van der Waals surface area (Å²) in [6, 6.07) is 0. The van der Waals surface area contributed by atoms with Gasteiger partial charge in [-0.05, 0) is 12.3 Å². The van der Waals surface area contributed by atoms with E-state index in [9.17, 15) is 48.3 Å². The van der Waals surface area contributed by atoms with Gasteiger partial charge in [0.1, 0.15) is 0 Å². The zero-order chi connectivity index (χ0) is 17.3. The summed E-state index contributed by atoms with van der Waals surface area (Å²) in [5.74, 6) is -36.0. The lowest BCUT2D eigenvalue weighted by molar-refractivity contribution is -0.486. The van der Waals surface area contributed by atoms with Gasteiger partial charge < -0.3 is 0 Å². The topological polar surface area (TPSA) is 0 Å². The largest absolute Gasteiger partial charge is 0.384 e. The third kappa shape index (κ3) is 1.68. The molecule has 0 radical (unpaired) electrons. The van der Waals surface area contributed by atoms with Gasteiger partial charge in [-0.2, -0.15) is 43.9 Å². The molecular formula is C10H9F11. The average molecular weight is 338 g/mol. The summed E-state index contributed by atoms with van der Waals surface area (Å²) in [5, 5.41) is 0. The predicted molar refractivity (Wildman–Crippen MR) is 48.0 cm³/mol. The van der Waals surface area contributed by atoms with Crippen LogP contribution >= 0.6 is 0 Å². The van der Waals surface area contributed by atoms with E-state index in [4.69, 9.17) is 0 Å². The Morgan fingerprint density at radius 3 is 1.00 bits per heavy atom. The summed E-state index contributed by atoms with van der Waals surface area (Å²) in [6.07, 6.45) is -2.16. The third-order valence-corrected chi connectivity index (χ3v) is 3.26. The molecule has 0 aromatic heterocycles. The summed E-state index contributed by atoms with van der Waals surface area (Å²) in [6.45, 7) is 1.60. The lowest BCUT2D eigenvalue weighted by atomic mass is 9.69. The number of alkyl halides is 11. The fourth-order valence-corrected chi connectivity index (χ4v) is 2.11. The van der Waals surface area contributed by atoms with Gasteiger partial charge in [0.25, 0.3) is 0 Å². The second-order valence-corrected chi connectivity index (χ2v) is 5.27. The smallest absolute Gasteiger partial charge is 0.230 e. The highest BCUT2D eigenvalue weighted by Crippen LogP contribution is 2.70. The minimum atomic E-state index is -7.13. The molecule has 0 atom stereocenters. The van der Waals surface area contributed by atoms with Crippen LogP contribution in [0.1, 0.15) is 20.3 Å². The van der Waals surface area contributed by atoms with E-state index >= 15 is 0 Å². The Morgan fingerprint density at radius 1 is 0.524 bits per heavy atom. The van der Waals surface area contributed by atoms with Crippen molar-refractivity contribution < 1.29 is 48.3 Å². The van der Waals surface area contributed by atoms with Crippen LogP contribution in [-0.4, -0.2) is 35.3 Å². The van der Waals surface area contributed by atoms with Crippen LogP contribution in [0.15, 0.2) is 0 Å². The van der Waals surface area contributed by atoms with Crippen LogP contribution in [0.3, 0.4) is 0 Å². The Hall–Kier alpha value is -0.770. The molecule has 0 saturated heterocycles. The molecule has 0 bridgehead atoms. The molecule has 0 aromatic rings. The molecule has 0 aromatic carbocycles. The summed E-state index contributed by atoms with van der Waals surface area (Å²) < 4.78 is 145. The van der Waals surface area contributed by atoms with Crippen LogP contribution in [-0.2, 0) is 0 Å². The quantitative estimate of drug-likeness (QED) is 0.626. The van der Waals surface area contributed by atoms with Gasteiger partial charge in [0.05, 0.1) is 0 Å². The molecule has 0 nitrogen and oxygen atoms in total. The molecule has 11 heteroatoms. The molecule has 0 N–H and O–H groups in total. The first-order valence-corrected chi connectivity index (χ1v) is 5.50. The fourth-order valence-electron chi connectivity index (χ4n) is 2.11. The molecule has 126 valence electrons. The Labute approximate surface area is 111 Å². The number of halogens is 11. The van der Waals surface area contributed by atoms with Crippen molar-refractivity contribution in [1.82, 2.24) is 0 Å².